The predicted molar refractivity (Wildman–Crippen MR) is 71.0 cm³/mol. The van der Waals surface area contributed by atoms with Crippen LogP contribution in [-0.4, -0.2) is 22.2 Å². The van der Waals surface area contributed by atoms with Gasteiger partial charge in [0, 0.05) is 23.3 Å². The van der Waals surface area contributed by atoms with Crippen molar-refractivity contribution >= 4 is 33.3 Å². The van der Waals surface area contributed by atoms with Crippen molar-refractivity contribution in [3.63, 3.8) is 0 Å². The molecule has 4 nitrogen and oxygen atoms in total. The largest absolute Gasteiger partial charge is 0.300 e. The molecular weight excluding hydrogens is 244 g/mol. The summed E-state index contributed by atoms with van der Waals surface area (Å²) in [4.78, 5) is 21.7. The van der Waals surface area contributed by atoms with Gasteiger partial charge in [-0.1, -0.05) is 21.6 Å². The highest BCUT2D eigenvalue weighted by Gasteiger charge is 2.19. The fraction of sp³-hybridized carbons (Fsp3) is 0.800. The molecule has 0 aromatic rings. The van der Waals surface area contributed by atoms with Crippen LogP contribution in [0.1, 0.15) is 40.0 Å². The topological polar surface area (TPSA) is 72.2 Å². The van der Waals surface area contributed by atoms with Crippen molar-refractivity contribution in [3.8, 4) is 0 Å². The van der Waals surface area contributed by atoms with Crippen molar-refractivity contribution in [3.05, 3.63) is 0 Å². The van der Waals surface area contributed by atoms with E-state index in [0.717, 1.165) is 12.2 Å². The van der Waals surface area contributed by atoms with Gasteiger partial charge in [-0.25, -0.2) is 5.84 Å². The van der Waals surface area contributed by atoms with E-state index < -0.39 is 0 Å². The number of nitrogens with one attached hydrogen (secondary N) is 1. The molecule has 94 valence electrons. The van der Waals surface area contributed by atoms with Crippen molar-refractivity contribution in [2.45, 2.75) is 44.8 Å². The number of ketones is 1. The van der Waals surface area contributed by atoms with Gasteiger partial charge < -0.3 is 4.79 Å². The third-order valence-electron chi connectivity index (χ3n) is 1.94. The molecule has 0 aromatic carbocycles. The Balaban J connectivity index is 3.65. The molecule has 0 spiro atoms. The van der Waals surface area contributed by atoms with Crippen molar-refractivity contribution in [2.24, 2.45) is 5.84 Å². The van der Waals surface area contributed by atoms with Crippen LogP contribution in [0.25, 0.3) is 0 Å². The van der Waals surface area contributed by atoms with E-state index in [4.69, 9.17) is 5.84 Å². The van der Waals surface area contributed by atoms with Gasteiger partial charge in [0.2, 0.25) is 5.91 Å². The second-order valence-electron chi connectivity index (χ2n) is 4.18. The summed E-state index contributed by atoms with van der Waals surface area (Å²) >= 11 is 0. The molecule has 0 aliphatic heterocycles. The van der Waals surface area contributed by atoms with Gasteiger partial charge in [-0.15, -0.1) is 0 Å². The van der Waals surface area contributed by atoms with Crippen LogP contribution in [0.4, 0.5) is 0 Å². The fourth-order valence-electron chi connectivity index (χ4n) is 0.926. The molecule has 6 heteroatoms. The zero-order chi connectivity index (χ0) is 12.6. The third-order valence-corrected chi connectivity index (χ3v) is 5.29. The van der Waals surface area contributed by atoms with Crippen molar-refractivity contribution < 1.29 is 9.59 Å². The summed E-state index contributed by atoms with van der Waals surface area (Å²) in [6, 6.07) is 0. The lowest BCUT2D eigenvalue weighted by Gasteiger charge is -2.22. The van der Waals surface area contributed by atoms with Gasteiger partial charge >= 0.3 is 0 Å². The quantitative estimate of drug-likeness (QED) is 0.230. The van der Waals surface area contributed by atoms with E-state index in [1.807, 2.05) is 0 Å². The molecule has 16 heavy (non-hydrogen) atoms. The van der Waals surface area contributed by atoms with E-state index in [-0.39, 0.29) is 16.4 Å². The van der Waals surface area contributed by atoms with Crippen LogP contribution < -0.4 is 11.3 Å². The van der Waals surface area contributed by atoms with E-state index in [1.165, 1.54) is 0 Å². The molecular formula is C10H20N2O2S2. The Hall–Kier alpha value is -0.200. The summed E-state index contributed by atoms with van der Waals surface area (Å²) < 4.78 is 0.0650. The normalized spacial score (nSPS) is 11.2. The first-order valence-corrected chi connectivity index (χ1v) is 7.49. The molecule has 0 saturated carbocycles. The Morgan fingerprint density at radius 1 is 1.31 bits per heavy atom. The molecule has 3 N–H and O–H groups in total. The molecule has 0 bridgehead atoms. The maximum atomic E-state index is 10.9. The van der Waals surface area contributed by atoms with Crippen LogP contribution in [0.5, 0.6) is 0 Å². The Kier molecular flexibility index (Phi) is 7.87. The van der Waals surface area contributed by atoms with Crippen LogP contribution in [0.15, 0.2) is 0 Å². The number of hydrogen-bond donors (Lipinski definition) is 2. The highest BCUT2D eigenvalue weighted by atomic mass is 33.1. The number of hydrogen-bond acceptors (Lipinski definition) is 5. The van der Waals surface area contributed by atoms with Gasteiger partial charge in [-0.3, -0.25) is 10.2 Å². The number of Topliss-reactive ketones (excluding diaryl/α,β-unsaturated/α-hetero) is 1. The number of carbonyl (C=O) groups is 2. The first-order chi connectivity index (χ1) is 7.37. The van der Waals surface area contributed by atoms with Crippen molar-refractivity contribution in [1.82, 2.24) is 5.43 Å². The van der Waals surface area contributed by atoms with Gasteiger partial charge in [0.1, 0.15) is 5.78 Å². The summed E-state index contributed by atoms with van der Waals surface area (Å²) in [5, 5.41) is 0. The van der Waals surface area contributed by atoms with E-state index in [0.29, 0.717) is 12.8 Å². The lowest BCUT2D eigenvalue weighted by molar-refractivity contribution is -0.120. The second kappa shape index (κ2) is 7.97. The number of amides is 1. The highest BCUT2D eigenvalue weighted by molar-refractivity contribution is 8.77. The van der Waals surface area contributed by atoms with E-state index in [9.17, 15) is 9.59 Å². The predicted octanol–water partition coefficient (Wildman–Crippen LogP) is 1.90. The van der Waals surface area contributed by atoms with E-state index in [2.05, 4.69) is 19.3 Å². The molecule has 0 radical (unpaired) electrons. The summed E-state index contributed by atoms with van der Waals surface area (Å²) in [6.45, 7) is 5.83. The Bertz CT molecular complexity index is 245. The van der Waals surface area contributed by atoms with E-state index >= 15 is 0 Å². The minimum Gasteiger partial charge on any atom is -0.300 e. The van der Waals surface area contributed by atoms with Crippen molar-refractivity contribution in [1.29, 1.82) is 0 Å². The average molecular weight is 264 g/mol. The number of hydrazine groups is 1. The highest BCUT2D eigenvalue weighted by Crippen LogP contribution is 2.38. The zero-order valence-electron chi connectivity index (χ0n) is 10.0. The molecule has 0 atom stereocenters. The van der Waals surface area contributed by atoms with Gasteiger partial charge in [-0.2, -0.15) is 0 Å². The summed E-state index contributed by atoms with van der Waals surface area (Å²) in [5.74, 6) is 5.78. The standard InChI is InChI=1S/C10H20N2O2S2/c1-8(13)4-6-10(2,3)16-15-7-5-9(14)12-11/h4-7,11H2,1-3H3,(H,12,14). The van der Waals surface area contributed by atoms with Gasteiger partial charge in [0.05, 0.1) is 0 Å². The Labute approximate surface area is 105 Å². The van der Waals surface area contributed by atoms with Crippen LogP contribution in [0.3, 0.4) is 0 Å². The average Bonchev–Trinajstić information content (AvgIpc) is 2.21. The molecule has 0 aromatic heterocycles. The first kappa shape index (κ1) is 15.8. The molecule has 0 unspecified atom stereocenters. The summed E-state index contributed by atoms with van der Waals surface area (Å²) in [6.07, 6.45) is 1.91. The number of carbonyl (C=O) groups excluding carboxylic acids is 2. The van der Waals surface area contributed by atoms with Crippen molar-refractivity contribution in [2.75, 3.05) is 5.75 Å². The molecule has 0 saturated heterocycles. The van der Waals surface area contributed by atoms with Gasteiger partial charge in [-0.05, 0) is 27.2 Å². The maximum absolute atomic E-state index is 10.9. The van der Waals surface area contributed by atoms with Crippen LogP contribution in [-0.2, 0) is 9.59 Å². The second-order valence-corrected chi connectivity index (χ2v) is 7.31. The Morgan fingerprint density at radius 2 is 1.94 bits per heavy atom. The molecule has 0 rings (SSSR count). The molecule has 0 aliphatic rings. The first-order valence-electron chi connectivity index (χ1n) is 5.17. The molecule has 0 aliphatic carbocycles. The third kappa shape index (κ3) is 9.06. The Morgan fingerprint density at radius 3 is 2.44 bits per heavy atom. The summed E-state index contributed by atoms with van der Waals surface area (Å²) in [7, 11) is 3.36. The SMILES string of the molecule is CC(=O)CCC(C)(C)SSCCC(=O)NN. The summed E-state index contributed by atoms with van der Waals surface area (Å²) in [5.41, 5.74) is 2.10. The number of rotatable bonds is 8. The van der Waals surface area contributed by atoms with Gasteiger partial charge in [0.15, 0.2) is 0 Å². The minimum atomic E-state index is -0.144. The zero-order valence-corrected chi connectivity index (χ0v) is 11.7. The molecule has 1 amide bonds. The molecule has 0 fully saturated rings. The van der Waals surface area contributed by atoms with Crippen LogP contribution in [0.2, 0.25) is 0 Å². The maximum Gasteiger partial charge on any atom is 0.234 e. The van der Waals surface area contributed by atoms with Crippen LogP contribution >= 0.6 is 21.6 Å². The number of nitrogens with two attached hydrogens (primary N) is 1. The molecule has 0 heterocycles. The van der Waals surface area contributed by atoms with E-state index in [1.54, 1.807) is 28.5 Å². The monoisotopic (exact) mass is 264 g/mol. The minimum absolute atomic E-state index is 0.0650. The lowest BCUT2D eigenvalue weighted by atomic mass is 10.1. The van der Waals surface area contributed by atoms with Crippen LogP contribution in [0, 0.1) is 0 Å². The fourth-order valence-corrected chi connectivity index (χ4v) is 3.49. The van der Waals surface area contributed by atoms with Gasteiger partial charge in [0.25, 0.3) is 0 Å². The lowest BCUT2D eigenvalue weighted by Crippen LogP contribution is -2.30. The smallest absolute Gasteiger partial charge is 0.234 e.